The van der Waals surface area contributed by atoms with Crippen LogP contribution in [-0.4, -0.2) is 45.7 Å². The van der Waals surface area contributed by atoms with Crippen LogP contribution in [0, 0.1) is 0 Å². The van der Waals surface area contributed by atoms with Crippen molar-refractivity contribution in [2.75, 3.05) is 27.4 Å². The summed E-state index contributed by atoms with van der Waals surface area (Å²) in [6.45, 7) is 0.751. The molecule has 29 heavy (non-hydrogen) atoms. The molecule has 0 spiro atoms. The largest absolute Gasteiger partial charge is 0.512 e. The van der Waals surface area contributed by atoms with Gasteiger partial charge in [0.1, 0.15) is 17.6 Å². The third-order valence-electron chi connectivity index (χ3n) is 4.64. The highest BCUT2D eigenvalue weighted by atomic mass is 31.2. The van der Waals surface area contributed by atoms with Gasteiger partial charge in [-0.25, -0.2) is 4.57 Å². The zero-order valence-corrected chi connectivity index (χ0v) is 17.6. The Bertz CT molecular complexity index is 730. The van der Waals surface area contributed by atoms with E-state index in [1.807, 2.05) is 36.4 Å². The van der Waals surface area contributed by atoms with E-state index >= 15 is 0 Å². The molecule has 8 heteroatoms. The molecule has 3 atom stereocenters. The molecular formula is C21H28NO6P. The van der Waals surface area contributed by atoms with Crippen LogP contribution < -0.4 is 14.1 Å². The average Bonchev–Trinajstić information content (AvgIpc) is 2.74. The third-order valence-corrected chi connectivity index (χ3v) is 6.11. The van der Waals surface area contributed by atoms with E-state index in [9.17, 15) is 4.57 Å². The molecule has 1 aliphatic heterocycles. The van der Waals surface area contributed by atoms with E-state index in [1.54, 1.807) is 38.5 Å². The lowest BCUT2D eigenvalue weighted by Gasteiger charge is -2.35. The van der Waals surface area contributed by atoms with Gasteiger partial charge in [0.15, 0.2) is 0 Å². The van der Waals surface area contributed by atoms with Crippen molar-refractivity contribution in [3.05, 3.63) is 60.7 Å². The molecule has 0 bridgehead atoms. The molecule has 3 rings (SSSR count). The molecule has 0 saturated carbocycles. The van der Waals surface area contributed by atoms with Crippen LogP contribution >= 0.6 is 7.75 Å². The SMILES string of the molecule is COC[C@H]1O[C@H](CNP(=O)(Oc2ccccc2)Oc2ccccc2)CC[C@@H]1OC. The van der Waals surface area contributed by atoms with Crippen LogP contribution in [-0.2, 0) is 18.8 Å². The fourth-order valence-corrected chi connectivity index (χ4v) is 4.60. The average molecular weight is 421 g/mol. The second-order valence-electron chi connectivity index (χ2n) is 6.77. The minimum absolute atomic E-state index is 0.0147. The van der Waals surface area contributed by atoms with Crippen molar-refractivity contribution in [3.63, 3.8) is 0 Å². The van der Waals surface area contributed by atoms with Crippen LogP contribution in [0.3, 0.4) is 0 Å². The number of benzene rings is 2. The van der Waals surface area contributed by atoms with Crippen molar-refractivity contribution in [2.24, 2.45) is 0 Å². The summed E-state index contributed by atoms with van der Waals surface area (Å²) < 4.78 is 41.7. The lowest BCUT2D eigenvalue weighted by Crippen LogP contribution is -2.45. The van der Waals surface area contributed by atoms with Gasteiger partial charge in [0.05, 0.1) is 18.8 Å². The molecule has 1 saturated heterocycles. The predicted molar refractivity (Wildman–Crippen MR) is 110 cm³/mol. The van der Waals surface area contributed by atoms with Crippen molar-refractivity contribution in [3.8, 4) is 11.5 Å². The predicted octanol–water partition coefficient (Wildman–Crippen LogP) is 4.05. The number of para-hydroxylation sites is 2. The van der Waals surface area contributed by atoms with Crippen LogP contribution in [0.1, 0.15) is 12.8 Å². The lowest BCUT2D eigenvalue weighted by atomic mass is 10.0. The summed E-state index contributed by atoms with van der Waals surface area (Å²) in [4.78, 5) is 0. The van der Waals surface area contributed by atoms with Crippen LogP contribution in [0.5, 0.6) is 11.5 Å². The van der Waals surface area contributed by atoms with E-state index in [2.05, 4.69) is 5.09 Å². The topological polar surface area (TPSA) is 75.3 Å². The summed E-state index contributed by atoms with van der Waals surface area (Å²) in [6, 6.07) is 17.9. The van der Waals surface area contributed by atoms with Gasteiger partial charge >= 0.3 is 7.75 Å². The maximum Gasteiger partial charge on any atom is 0.512 e. The first-order valence-electron chi connectivity index (χ1n) is 9.63. The number of methoxy groups -OCH3 is 2. The molecule has 1 N–H and O–H groups in total. The zero-order valence-electron chi connectivity index (χ0n) is 16.7. The first-order chi connectivity index (χ1) is 14.1. The smallest absolute Gasteiger partial charge is 0.405 e. The highest BCUT2D eigenvalue weighted by molar-refractivity contribution is 7.52. The number of hydrogen-bond acceptors (Lipinski definition) is 6. The van der Waals surface area contributed by atoms with Gasteiger partial charge in [0, 0.05) is 20.8 Å². The van der Waals surface area contributed by atoms with Gasteiger partial charge < -0.3 is 23.3 Å². The number of ether oxygens (including phenoxy) is 3. The molecule has 2 aromatic rings. The van der Waals surface area contributed by atoms with Crippen molar-refractivity contribution < 1.29 is 27.8 Å². The number of hydrogen-bond donors (Lipinski definition) is 1. The summed E-state index contributed by atoms with van der Waals surface area (Å²) in [6.07, 6.45) is 1.26. The maximum absolute atomic E-state index is 13.5. The minimum Gasteiger partial charge on any atom is -0.405 e. The van der Waals surface area contributed by atoms with Crippen LogP contribution in [0.25, 0.3) is 0 Å². The Morgan fingerprint density at radius 2 is 1.55 bits per heavy atom. The Balaban J connectivity index is 1.67. The summed E-state index contributed by atoms with van der Waals surface area (Å²) in [7, 11) is -0.376. The normalized spacial score (nSPS) is 22.2. The molecule has 0 amide bonds. The van der Waals surface area contributed by atoms with E-state index < -0.39 is 7.75 Å². The van der Waals surface area contributed by atoms with Crippen molar-refractivity contribution in [1.82, 2.24) is 5.09 Å². The van der Waals surface area contributed by atoms with Gasteiger partial charge in [-0.3, -0.25) is 0 Å². The van der Waals surface area contributed by atoms with Crippen LogP contribution in [0.4, 0.5) is 0 Å². The molecule has 7 nitrogen and oxygen atoms in total. The molecule has 2 aromatic carbocycles. The van der Waals surface area contributed by atoms with Crippen molar-refractivity contribution in [2.45, 2.75) is 31.2 Å². The minimum atomic E-state index is -3.68. The third kappa shape index (κ3) is 6.56. The van der Waals surface area contributed by atoms with Crippen molar-refractivity contribution >= 4 is 7.75 Å². The number of rotatable bonds is 10. The fourth-order valence-electron chi connectivity index (χ4n) is 3.21. The van der Waals surface area contributed by atoms with Gasteiger partial charge in [-0.1, -0.05) is 36.4 Å². The molecule has 158 valence electrons. The van der Waals surface area contributed by atoms with Gasteiger partial charge in [-0.05, 0) is 37.1 Å². The van der Waals surface area contributed by atoms with E-state index in [0.717, 1.165) is 12.8 Å². The fraction of sp³-hybridized carbons (Fsp3) is 0.429. The van der Waals surface area contributed by atoms with E-state index in [4.69, 9.17) is 23.3 Å². The Hall–Kier alpha value is -1.89. The highest BCUT2D eigenvalue weighted by Crippen LogP contribution is 2.44. The summed E-state index contributed by atoms with van der Waals surface area (Å²) in [5.41, 5.74) is 0. The first-order valence-corrected chi connectivity index (χ1v) is 11.2. The van der Waals surface area contributed by atoms with Crippen molar-refractivity contribution in [1.29, 1.82) is 0 Å². The first kappa shape index (κ1) is 21.8. The highest BCUT2D eigenvalue weighted by Gasteiger charge is 2.34. The second-order valence-corrected chi connectivity index (χ2v) is 8.45. The molecular weight excluding hydrogens is 393 g/mol. The van der Waals surface area contributed by atoms with Gasteiger partial charge in [0.25, 0.3) is 0 Å². The summed E-state index contributed by atoms with van der Waals surface area (Å²) in [5.74, 6) is 0.918. The molecule has 1 fully saturated rings. The van der Waals surface area contributed by atoms with Gasteiger partial charge in [-0.15, -0.1) is 0 Å². The van der Waals surface area contributed by atoms with Crippen LogP contribution in [0.2, 0.25) is 0 Å². The van der Waals surface area contributed by atoms with E-state index in [-0.39, 0.29) is 18.3 Å². The maximum atomic E-state index is 13.5. The quantitative estimate of drug-likeness (QED) is 0.580. The van der Waals surface area contributed by atoms with E-state index in [0.29, 0.717) is 24.7 Å². The van der Waals surface area contributed by atoms with Crippen LogP contribution in [0.15, 0.2) is 60.7 Å². The molecule has 0 radical (unpaired) electrons. The molecule has 0 aromatic heterocycles. The second kappa shape index (κ2) is 10.8. The molecule has 1 heterocycles. The Morgan fingerprint density at radius 3 is 2.07 bits per heavy atom. The zero-order chi connectivity index (χ0) is 20.5. The molecule has 0 aliphatic carbocycles. The van der Waals surface area contributed by atoms with Gasteiger partial charge in [0.2, 0.25) is 0 Å². The molecule has 0 unspecified atom stereocenters. The summed E-state index contributed by atoms with van der Waals surface area (Å²) >= 11 is 0. The number of nitrogens with one attached hydrogen (secondary N) is 1. The Morgan fingerprint density at radius 1 is 0.966 bits per heavy atom. The van der Waals surface area contributed by atoms with Gasteiger partial charge in [-0.2, -0.15) is 5.09 Å². The Kier molecular flexibility index (Phi) is 8.09. The molecule has 1 aliphatic rings. The van der Waals surface area contributed by atoms with E-state index in [1.165, 1.54) is 0 Å². The Labute approximate surface area is 171 Å². The lowest BCUT2D eigenvalue weighted by molar-refractivity contribution is -0.146. The monoisotopic (exact) mass is 421 g/mol. The summed E-state index contributed by atoms with van der Waals surface area (Å²) in [5, 5.41) is 2.96. The standard InChI is InChI=1S/C21H28NO6P/c1-24-16-21-20(25-2)14-13-19(26-21)15-22-29(23,27-17-9-5-3-6-10-17)28-18-11-7-4-8-12-18/h3-12,19-21H,13-16H2,1-2H3,(H,22,23)/t19-,20-,21+/m0/s1.